The maximum Gasteiger partial charge on any atom is 0.0543 e. The van der Waals surface area contributed by atoms with Gasteiger partial charge in [0.2, 0.25) is 0 Å². The second-order valence-electron chi connectivity index (χ2n) is 4.37. The molecule has 2 nitrogen and oxygen atoms in total. The lowest BCUT2D eigenvalue weighted by molar-refractivity contribution is 0.154. The van der Waals surface area contributed by atoms with E-state index in [9.17, 15) is 5.11 Å². The first-order valence-corrected chi connectivity index (χ1v) is 6.22. The number of benzene rings is 1. The van der Waals surface area contributed by atoms with Crippen molar-refractivity contribution in [2.75, 3.05) is 5.73 Å². The molecule has 0 spiro atoms. The number of anilines is 1. The highest BCUT2D eigenvalue weighted by atomic mass is 16.3. The van der Waals surface area contributed by atoms with Crippen molar-refractivity contribution in [3.63, 3.8) is 0 Å². The molecule has 0 radical (unpaired) electrons. The summed E-state index contributed by atoms with van der Waals surface area (Å²) >= 11 is 0. The van der Waals surface area contributed by atoms with Crippen LogP contribution in [0.2, 0.25) is 0 Å². The van der Waals surface area contributed by atoms with E-state index < -0.39 is 0 Å². The Bertz CT molecular complexity index is 323. The molecule has 0 fully saturated rings. The maximum atomic E-state index is 9.69. The average molecular weight is 221 g/mol. The van der Waals surface area contributed by atoms with Crippen LogP contribution in [0.4, 0.5) is 5.69 Å². The van der Waals surface area contributed by atoms with Crippen molar-refractivity contribution >= 4 is 5.69 Å². The van der Waals surface area contributed by atoms with Crippen LogP contribution < -0.4 is 5.73 Å². The van der Waals surface area contributed by atoms with E-state index in [4.69, 9.17) is 5.73 Å². The summed E-state index contributed by atoms with van der Waals surface area (Å²) in [5, 5.41) is 9.69. The minimum atomic E-state index is -0.185. The Hall–Kier alpha value is -1.02. The molecule has 0 bridgehead atoms. The topological polar surface area (TPSA) is 46.2 Å². The number of hydrogen-bond acceptors (Lipinski definition) is 2. The lowest BCUT2D eigenvalue weighted by atomic mass is 10.00. The molecule has 0 heterocycles. The van der Waals surface area contributed by atoms with Crippen molar-refractivity contribution in [3.05, 3.63) is 29.3 Å². The molecule has 0 aliphatic rings. The molecule has 1 aromatic rings. The first-order valence-electron chi connectivity index (χ1n) is 6.22. The van der Waals surface area contributed by atoms with E-state index in [2.05, 4.69) is 26.0 Å². The SMILES string of the molecule is CCCC(O)CCc1cc(CC)ccc1N. The minimum absolute atomic E-state index is 0.185. The molecule has 1 rings (SSSR count). The van der Waals surface area contributed by atoms with Gasteiger partial charge in [-0.1, -0.05) is 32.4 Å². The Morgan fingerprint density at radius 1 is 1.25 bits per heavy atom. The van der Waals surface area contributed by atoms with Crippen LogP contribution in [-0.2, 0) is 12.8 Å². The average Bonchev–Trinajstić information content (AvgIpc) is 2.28. The van der Waals surface area contributed by atoms with Crippen molar-refractivity contribution in [1.29, 1.82) is 0 Å². The zero-order chi connectivity index (χ0) is 12.0. The van der Waals surface area contributed by atoms with Gasteiger partial charge in [0.1, 0.15) is 0 Å². The fourth-order valence-corrected chi connectivity index (χ4v) is 1.90. The van der Waals surface area contributed by atoms with Crippen molar-refractivity contribution < 1.29 is 5.11 Å². The molecule has 1 aromatic carbocycles. The van der Waals surface area contributed by atoms with Gasteiger partial charge in [0.15, 0.2) is 0 Å². The summed E-state index contributed by atoms with van der Waals surface area (Å²) in [7, 11) is 0. The smallest absolute Gasteiger partial charge is 0.0543 e. The second-order valence-corrected chi connectivity index (χ2v) is 4.37. The summed E-state index contributed by atoms with van der Waals surface area (Å²) in [6.07, 6.45) is 4.45. The van der Waals surface area contributed by atoms with Gasteiger partial charge in [-0.05, 0) is 42.9 Å². The highest BCUT2D eigenvalue weighted by Crippen LogP contribution is 2.18. The van der Waals surface area contributed by atoms with Crippen LogP contribution in [0, 0.1) is 0 Å². The third-order valence-electron chi connectivity index (χ3n) is 2.98. The van der Waals surface area contributed by atoms with Gasteiger partial charge in [0.05, 0.1) is 6.10 Å². The van der Waals surface area contributed by atoms with E-state index in [-0.39, 0.29) is 6.10 Å². The van der Waals surface area contributed by atoms with Crippen molar-refractivity contribution in [2.45, 2.75) is 52.1 Å². The van der Waals surface area contributed by atoms with Crippen LogP contribution in [0.1, 0.15) is 44.2 Å². The van der Waals surface area contributed by atoms with E-state index >= 15 is 0 Å². The predicted molar refractivity (Wildman–Crippen MR) is 69.5 cm³/mol. The zero-order valence-electron chi connectivity index (χ0n) is 10.4. The third kappa shape index (κ3) is 3.86. The molecule has 90 valence electrons. The molecule has 0 aliphatic carbocycles. The maximum absolute atomic E-state index is 9.69. The van der Waals surface area contributed by atoms with Gasteiger partial charge in [-0.2, -0.15) is 0 Å². The molecule has 2 heteroatoms. The molecule has 3 N–H and O–H groups in total. The van der Waals surface area contributed by atoms with E-state index in [0.717, 1.165) is 37.8 Å². The van der Waals surface area contributed by atoms with Gasteiger partial charge < -0.3 is 10.8 Å². The fraction of sp³-hybridized carbons (Fsp3) is 0.571. The molecule has 16 heavy (non-hydrogen) atoms. The number of aryl methyl sites for hydroxylation is 2. The molecule has 0 saturated carbocycles. The van der Waals surface area contributed by atoms with E-state index in [0.29, 0.717) is 0 Å². The summed E-state index contributed by atoms with van der Waals surface area (Å²) < 4.78 is 0. The molecule has 0 aliphatic heterocycles. The van der Waals surface area contributed by atoms with Crippen molar-refractivity contribution in [1.82, 2.24) is 0 Å². The number of aliphatic hydroxyl groups excluding tert-OH is 1. The van der Waals surface area contributed by atoms with Crippen LogP contribution in [0.25, 0.3) is 0 Å². The van der Waals surface area contributed by atoms with Crippen LogP contribution in [-0.4, -0.2) is 11.2 Å². The third-order valence-corrected chi connectivity index (χ3v) is 2.98. The first-order chi connectivity index (χ1) is 7.67. The largest absolute Gasteiger partial charge is 0.399 e. The quantitative estimate of drug-likeness (QED) is 0.725. The van der Waals surface area contributed by atoms with Crippen LogP contribution >= 0.6 is 0 Å². The molecule has 1 atom stereocenters. The highest BCUT2D eigenvalue weighted by molar-refractivity contribution is 5.48. The van der Waals surface area contributed by atoms with Crippen LogP contribution in [0.3, 0.4) is 0 Å². The Balaban J connectivity index is 2.58. The predicted octanol–water partition coefficient (Wildman–Crippen LogP) is 2.92. The van der Waals surface area contributed by atoms with Crippen LogP contribution in [0.5, 0.6) is 0 Å². The standard InChI is InChI=1S/C14H23NO/c1-3-5-13(16)8-7-12-10-11(4-2)6-9-14(12)15/h6,9-10,13,16H,3-5,7-8,15H2,1-2H3. The minimum Gasteiger partial charge on any atom is -0.399 e. The van der Waals surface area contributed by atoms with Gasteiger partial charge in [0.25, 0.3) is 0 Å². The summed E-state index contributed by atoms with van der Waals surface area (Å²) in [6.45, 7) is 4.23. The van der Waals surface area contributed by atoms with E-state index in [1.165, 1.54) is 11.1 Å². The van der Waals surface area contributed by atoms with Gasteiger partial charge in [0, 0.05) is 5.69 Å². The fourth-order valence-electron chi connectivity index (χ4n) is 1.90. The number of rotatable bonds is 6. The van der Waals surface area contributed by atoms with Gasteiger partial charge in [-0.25, -0.2) is 0 Å². The molecule has 1 unspecified atom stereocenters. The summed E-state index contributed by atoms with van der Waals surface area (Å²) in [4.78, 5) is 0. The number of nitrogens with two attached hydrogens (primary N) is 1. The van der Waals surface area contributed by atoms with Gasteiger partial charge in [-0.3, -0.25) is 0 Å². The second kappa shape index (κ2) is 6.54. The Morgan fingerprint density at radius 3 is 2.62 bits per heavy atom. The van der Waals surface area contributed by atoms with Crippen molar-refractivity contribution in [3.8, 4) is 0 Å². The number of aliphatic hydroxyl groups is 1. The first kappa shape index (κ1) is 13.0. The molecule has 0 amide bonds. The molecular formula is C14H23NO. The normalized spacial score (nSPS) is 12.7. The highest BCUT2D eigenvalue weighted by Gasteiger charge is 2.06. The molecular weight excluding hydrogens is 198 g/mol. The van der Waals surface area contributed by atoms with Crippen LogP contribution in [0.15, 0.2) is 18.2 Å². The summed E-state index contributed by atoms with van der Waals surface area (Å²) in [5.41, 5.74) is 9.26. The zero-order valence-corrected chi connectivity index (χ0v) is 10.4. The number of hydrogen-bond donors (Lipinski definition) is 2. The Labute approximate surface area is 98.5 Å². The van der Waals surface area contributed by atoms with E-state index in [1.807, 2.05) is 6.07 Å². The Morgan fingerprint density at radius 2 is 2.00 bits per heavy atom. The van der Waals surface area contributed by atoms with Crippen molar-refractivity contribution in [2.24, 2.45) is 0 Å². The number of nitrogen functional groups attached to an aromatic ring is 1. The van der Waals surface area contributed by atoms with Gasteiger partial charge >= 0.3 is 0 Å². The monoisotopic (exact) mass is 221 g/mol. The molecule has 0 saturated heterocycles. The Kier molecular flexibility index (Phi) is 5.33. The lowest BCUT2D eigenvalue weighted by Crippen LogP contribution is -2.08. The van der Waals surface area contributed by atoms with E-state index in [1.54, 1.807) is 0 Å². The summed E-state index contributed by atoms with van der Waals surface area (Å²) in [6, 6.07) is 6.20. The lowest BCUT2D eigenvalue weighted by Gasteiger charge is -2.11. The summed E-state index contributed by atoms with van der Waals surface area (Å²) in [5.74, 6) is 0. The van der Waals surface area contributed by atoms with Gasteiger partial charge in [-0.15, -0.1) is 0 Å². The molecule has 0 aromatic heterocycles.